The van der Waals surface area contributed by atoms with Gasteiger partial charge in [-0.05, 0) is 24.6 Å². The lowest BCUT2D eigenvalue weighted by atomic mass is 10.1. The Morgan fingerprint density at radius 2 is 1.75 bits per heavy atom. The van der Waals surface area contributed by atoms with Crippen molar-refractivity contribution in [2.75, 3.05) is 7.05 Å². The zero-order valence-corrected chi connectivity index (χ0v) is 15.2. The van der Waals surface area contributed by atoms with Crippen molar-refractivity contribution in [3.63, 3.8) is 0 Å². The molecule has 1 aromatic heterocycles. The van der Waals surface area contributed by atoms with Crippen LogP contribution in [-0.4, -0.2) is 32.9 Å². The number of nitrogens with one attached hydrogen (secondary N) is 1. The van der Waals surface area contributed by atoms with Crippen LogP contribution in [0.3, 0.4) is 0 Å². The van der Waals surface area contributed by atoms with Crippen LogP contribution in [0.5, 0.6) is 5.75 Å². The Morgan fingerprint density at radius 3 is 2.36 bits per heavy atom. The fourth-order valence-electron chi connectivity index (χ4n) is 2.68. The third kappa shape index (κ3) is 3.75. The van der Waals surface area contributed by atoms with Crippen LogP contribution in [-0.2, 0) is 6.54 Å². The Balaban J connectivity index is 1.99. The monoisotopic (exact) mass is 385 g/mol. The summed E-state index contributed by atoms with van der Waals surface area (Å²) in [5.74, 6) is -4.07. The van der Waals surface area contributed by atoms with E-state index in [0.717, 1.165) is 29.3 Å². The Morgan fingerprint density at radius 1 is 1.14 bits per heavy atom. The van der Waals surface area contributed by atoms with Gasteiger partial charge in [0.05, 0.1) is 5.56 Å². The first-order valence-corrected chi connectivity index (χ1v) is 8.36. The number of hydrogen-bond acceptors (Lipinski definition) is 4. The molecule has 0 saturated carbocycles. The highest BCUT2D eigenvalue weighted by Gasteiger charge is 2.24. The molecule has 1 amide bonds. The van der Waals surface area contributed by atoms with Gasteiger partial charge in [0.15, 0.2) is 5.69 Å². The summed E-state index contributed by atoms with van der Waals surface area (Å²) in [7, 11) is 1.47. The molecular weight excluding hydrogens is 368 g/mol. The molecule has 0 saturated heterocycles. The minimum absolute atomic E-state index is 0.191. The lowest BCUT2D eigenvalue weighted by molar-refractivity contribution is 0.0775. The molecule has 0 radical (unpaired) electrons. The number of carbonyl (C=O) groups is 1. The average Bonchev–Trinajstić information content (AvgIpc) is 2.65. The molecule has 6 nitrogen and oxygen atoms in total. The van der Waals surface area contributed by atoms with E-state index < -0.39 is 45.9 Å². The van der Waals surface area contributed by atoms with E-state index in [1.165, 1.54) is 11.9 Å². The maximum absolute atomic E-state index is 14.0. The van der Waals surface area contributed by atoms with E-state index in [2.05, 4.69) is 9.97 Å². The van der Waals surface area contributed by atoms with E-state index in [-0.39, 0.29) is 6.54 Å². The molecule has 8 heteroatoms. The number of aryl methyl sites for hydroxylation is 1. The first-order valence-electron chi connectivity index (χ1n) is 8.36. The van der Waals surface area contributed by atoms with Gasteiger partial charge in [-0.2, -0.15) is 0 Å². The third-order valence-corrected chi connectivity index (χ3v) is 4.18. The quantitative estimate of drug-likeness (QED) is 0.723. The molecule has 144 valence electrons. The molecule has 2 aromatic carbocycles. The first kappa shape index (κ1) is 19.2. The summed E-state index contributed by atoms with van der Waals surface area (Å²) in [5.41, 5.74) is -0.361. The van der Waals surface area contributed by atoms with Crippen molar-refractivity contribution in [3.05, 3.63) is 81.3 Å². The van der Waals surface area contributed by atoms with Gasteiger partial charge in [0.1, 0.15) is 17.5 Å². The van der Waals surface area contributed by atoms with Gasteiger partial charge < -0.3 is 15.0 Å². The van der Waals surface area contributed by atoms with Crippen molar-refractivity contribution in [2.45, 2.75) is 13.5 Å². The molecule has 0 fully saturated rings. The Hall–Kier alpha value is -3.55. The van der Waals surface area contributed by atoms with Crippen molar-refractivity contribution < 1.29 is 18.7 Å². The SMILES string of the molecule is Cc1ccc(CN(C)C(=O)c2nc(-c3c(F)cccc3F)[nH]c(=O)c2O)cc1. The van der Waals surface area contributed by atoms with Crippen LogP contribution in [0.15, 0.2) is 47.3 Å². The molecule has 0 aliphatic heterocycles. The number of aromatic nitrogens is 2. The number of carbonyl (C=O) groups excluding carboxylic acids is 1. The van der Waals surface area contributed by atoms with Gasteiger partial charge in [0, 0.05) is 13.6 Å². The number of H-pyrrole nitrogens is 1. The van der Waals surface area contributed by atoms with Gasteiger partial charge in [0.25, 0.3) is 11.5 Å². The molecule has 28 heavy (non-hydrogen) atoms. The zero-order valence-electron chi connectivity index (χ0n) is 15.2. The van der Waals surface area contributed by atoms with Crippen molar-refractivity contribution in [2.24, 2.45) is 0 Å². The molecule has 1 heterocycles. The molecule has 0 aliphatic rings. The number of benzene rings is 2. The van der Waals surface area contributed by atoms with Gasteiger partial charge in [-0.1, -0.05) is 35.9 Å². The Labute approximate surface area is 159 Å². The maximum atomic E-state index is 14.0. The average molecular weight is 385 g/mol. The van der Waals surface area contributed by atoms with E-state index in [1.54, 1.807) is 0 Å². The number of halogens is 2. The lowest BCUT2D eigenvalue weighted by Gasteiger charge is -2.18. The highest BCUT2D eigenvalue weighted by atomic mass is 19.1. The molecule has 2 N–H and O–H groups in total. The zero-order chi connectivity index (χ0) is 20.4. The fourth-order valence-corrected chi connectivity index (χ4v) is 2.68. The topological polar surface area (TPSA) is 86.3 Å². The van der Waals surface area contributed by atoms with Gasteiger partial charge in [-0.3, -0.25) is 9.59 Å². The summed E-state index contributed by atoms with van der Waals surface area (Å²) in [6.07, 6.45) is 0. The summed E-state index contributed by atoms with van der Waals surface area (Å²) in [6.45, 7) is 2.12. The predicted octanol–water partition coefficient (Wildman–Crippen LogP) is 3.00. The minimum Gasteiger partial charge on any atom is -0.501 e. The van der Waals surface area contributed by atoms with E-state index in [1.807, 2.05) is 31.2 Å². The number of aromatic hydroxyl groups is 1. The number of rotatable bonds is 4. The second-order valence-corrected chi connectivity index (χ2v) is 6.36. The number of hydrogen-bond donors (Lipinski definition) is 2. The molecular formula is C20H17F2N3O3. The van der Waals surface area contributed by atoms with E-state index >= 15 is 0 Å². The second-order valence-electron chi connectivity index (χ2n) is 6.36. The van der Waals surface area contributed by atoms with E-state index in [9.17, 15) is 23.5 Å². The highest BCUT2D eigenvalue weighted by Crippen LogP contribution is 2.24. The van der Waals surface area contributed by atoms with Crippen LogP contribution in [0.4, 0.5) is 8.78 Å². The van der Waals surface area contributed by atoms with Gasteiger partial charge in [0.2, 0.25) is 5.75 Å². The standard InChI is InChI=1S/C20H17F2N3O3/c1-11-6-8-12(9-7-11)10-25(2)20(28)16-17(26)19(27)24-18(23-16)15-13(21)4-3-5-14(15)22/h3-9,26H,10H2,1-2H3,(H,23,24,27). The van der Waals surface area contributed by atoms with Crippen molar-refractivity contribution in [1.82, 2.24) is 14.9 Å². The molecule has 3 aromatic rings. The van der Waals surface area contributed by atoms with E-state index in [4.69, 9.17) is 0 Å². The summed E-state index contributed by atoms with van der Waals surface area (Å²) >= 11 is 0. The van der Waals surface area contributed by atoms with Crippen molar-refractivity contribution >= 4 is 5.91 Å². The van der Waals surface area contributed by atoms with Crippen LogP contribution >= 0.6 is 0 Å². The molecule has 0 atom stereocenters. The van der Waals surface area contributed by atoms with Crippen LogP contribution in [0.2, 0.25) is 0 Å². The lowest BCUT2D eigenvalue weighted by Crippen LogP contribution is -2.29. The third-order valence-electron chi connectivity index (χ3n) is 4.18. The second kappa shape index (κ2) is 7.59. The molecule has 0 spiro atoms. The van der Waals surface area contributed by atoms with Crippen LogP contribution in [0.25, 0.3) is 11.4 Å². The first-order chi connectivity index (χ1) is 13.3. The number of amides is 1. The number of aromatic amines is 1. The Kier molecular flexibility index (Phi) is 5.21. The number of nitrogens with zero attached hydrogens (tertiary/aromatic N) is 2. The molecule has 0 aliphatic carbocycles. The normalized spacial score (nSPS) is 10.7. The van der Waals surface area contributed by atoms with Gasteiger partial charge >= 0.3 is 0 Å². The minimum atomic E-state index is -1.07. The summed E-state index contributed by atoms with van der Waals surface area (Å²) in [5, 5.41) is 9.99. The smallest absolute Gasteiger partial charge is 0.294 e. The van der Waals surface area contributed by atoms with Crippen molar-refractivity contribution in [3.8, 4) is 17.1 Å². The molecule has 0 bridgehead atoms. The van der Waals surface area contributed by atoms with Crippen LogP contribution in [0.1, 0.15) is 21.6 Å². The Bertz CT molecular complexity index is 1070. The summed E-state index contributed by atoms with van der Waals surface area (Å²) < 4.78 is 28.0. The van der Waals surface area contributed by atoms with Gasteiger partial charge in [-0.25, -0.2) is 13.8 Å². The summed E-state index contributed by atoms with van der Waals surface area (Å²) in [4.78, 5) is 31.9. The van der Waals surface area contributed by atoms with E-state index in [0.29, 0.717) is 0 Å². The van der Waals surface area contributed by atoms with Crippen LogP contribution in [0, 0.1) is 18.6 Å². The van der Waals surface area contributed by atoms with Crippen molar-refractivity contribution in [1.29, 1.82) is 0 Å². The molecule has 0 unspecified atom stereocenters. The predicted molar refractivity (Wildman–Crippen MR) is 98.9 cm³/mol. The largest absolute Gasteiger partial charge is 0.501 e. The highest BCUT2D eigenvalue weighted by molar-refractivity contribution is 5.95. The van der Waals surface area contributed by atoms with Gasteiger partial charge in [-0.15, -0.1) is 0 Å². The van der Waals surface area contributed by atoms with Crippen LogP contribution < -0.4 is 5.56 Å². The fraction of sp³-hybridized carbons (Fsp3) is 0.150. The summed E-state index contributed by atoms with van der Waals surface area (Å²) in [6, 6.07) is 10.6. The maximum Gasteiger partial charge on any atom is 0.294 e. The molecule has 3 rings (SSSR count).